The predicted molar refractivity (Wildman–Crippen MR) is 325 cm³/mol. The molecule has 0 aromatic heterocycles. The third-order valence-corrected chi connectivity index (χ3v) is 12.4. The number of rotatable bonds is 52. The molecule has 78 heavy (non-hydrogen) atoms. The van der Waals surface area contributed by atoms with Crippen LogP contribution >= 0.6 is 7.82 Å². The number of unbranched alkanes of at least 4 members (excludes halogenated alkanes) is 9. The second-order valence-electron chi connectivity index (χ2n) is 18.7. The Bertz CT molecular complexity index is 1910. The normalized spacial score (nSPS) is 14.5. The van der Waals surface area contributed by atoms with Gasteiger partial charge >= 0.3 is 25.7 Å². The van der Waals surface area contributed by atoms with E-state index in [4.69, 9.17) is 23.3 Å². The van der Waals surface area contributed by atoms with Crippen LogP contribution in [-0.4, -0.2) is 66.5 Å². The minimum atomic E-state index is -4.80. The SMILES string of the molecule is CC/C=C\C/C=C\C/C=C\C/C=C\C/C=C\C/C=C\CCC(=O)OC(COC(=O)CCC/C=C\C/C=C\C/C=C\C/C=C\C/C=C\CC)COP(=O)(O)OCC(CO)OC(=O)CCCCCCC/C=C\C/C=C\CCCCC. The third-order valence-electron chi connectivity index (χ3n) is 11.4. The summed E-state index contributed by atoms with van der Waals surface area (Å²) in [5.74, 6) is -1.67. The first kappa shape index (κ1) is 73.1. The average Bonchev–Trinajstić information content (AvgIpc) is 3.43. The second-order valence-corrected chi connectivity index (χ2v) is 20.1. The highest BCUT2D eigenvalue weighted by Gasteiger charge is 2.28. The number of carbonyl (C=O) groups excluding carboxylic acids is 3. The van der Waals surface area contributed by atoms with E-state index in [0.29, 0.717) is 32.1 Å². The van der Waals surface area contributed by atoms with Crippen molar-refractivity contribution in [1.29, 1.82) is 0 Å². The summed E-state index contributed by atoms with van der Waals surface area (Å²) in [6, 6.07) is 0. The van der Waals surface area contributed by atoms with Crippen molar-refractivity contribution in [2.24, 2.45) is 0 Å². The minimum Gasteiger partial charge on any atom is -0.462 e. The molecule has 0 radical (unpaired) electrons. The first-order valence-corrected chi connectivity index (χ1v) is 30.9. The van der Waals surface area contributed by atoms with Crippen molar-refractivity contribution < 1.29 is 52.2 Å². The van der Waals surface area contributed by atoms with Crippen molar-refractivity contribution in [2.45, 2.75) is 213 Å². The summed E-state index contributed by atoms with van der Waals surface area (Å²) in [6.07, 6.45) is 76.5. The maximum absolute atomic E-state index is 12.9. The summed E-state index contributed by atoms with van der Waals surface area (Å²) in [6.45, 7) is 4.20. The van der Waals surface area contributed by atoms with Gasteiger partial charge in [-0.1, -0.05) is 211 Å². The Balaban J connectivity index is 4.96. The molecule has 0 saturated heterocycles. The number of hydrogen-bond donors (Lipinski definition) is 2. The van der Waals surface area contributed by atoms with Crippen LogP contribution in [0.4, 0.5) is 0 Å². The van der Waals surface area contributed by atoms with E-state index in [9.17, 15) is 28.9 Å². The molecule has 0 rings (SSSR count). The monoisotopic (exact) mass is 1100 g/mol. The maximum atomic E-state index is 12.9. The fourth-order valence-corrected chi connectivity index (χ4v) is 7.82. The van der Waals surface area contributed by atoms with Crippen LogP contribution in [0.15, 0.2) is 158 Å². The van der Waals surface area contributed by atoms with E-state index in [0.717, 1.165) is 109 Å². The highest BCUT2D eigenvalue weighted by atomic mass is 31.2. The van der Waals surface area contributed by atoms with Gasteiger partial charge in [-0.3, -0.25) is 23.4 Å². The number of aliphatic hydroxyl groups is 1. The number of carbonyl (C=O) groups is 3. The van der Waals surface area contributed by atoms with Gasteiger partial charge in [-0.2, -0.15) is 0 Å². The maximum Gasteiger partial charge on any atom is 0.472 e. The van der Waals surface area contributed by atoms with Crippen LogP contribution in [0.2, 0.25) is 0 Å². The number of phosphoric ester groups is 1. The van der Waals surface area contributed by atoms with Gasteiger partial charge in [0.05, 0.1) is 19.8 Å². The molecule has 0 aliphatic carbocycles. The second kappa shape index (κ2) is 58.3. The summed E-state index contributed by atoms with van der Waals surface area (Å²) >= 11 is 0. The van der Waals surface area contributed by atoms with E-state index in [1.54, 1.807) is 0 Å². The van der Waals surface area contributed by atoms with E-state index in [1.807, 2.05) is 24.3 Å². The van der Waals surface area contributed by atoms with Crippen molar-refractivity contribution in [2.75, 3.05) is 26.4 Å². The number of esters is 3. The number of aliphatic hydroxyl groups excluding tert-OH is 1. The van der Waals surface area contributed by atoms with Gasteiger partial charge in [-0.15, -0.1) is 0 Å². The standard InChI is InChI=1S/C66H103O11P/c1-4-7-10-13-16-19-22-25-28-30-31-33-36-39-42-45-48-51-54-57-66(70)77-63(59-73-64(68)55-52-49-46-43-40-37-35-32-29-26-23-20-17-14-11-8-5-2)61-75-78(71,72)74-60-62(58-67)76-65(69)56-53-50-47-44-41-38-34-27-24-21-18-15-12-9-6-3/h7-8,10-11,16-21,25-29,31,33-35,37,39,42-43,46,48,51,62-63,67H,4-6,9,12-15,22-24,30,32,36,38,40-41,44-45,47,49-50,52-61H2,1-3H3,(H,71,72)/b10-7-,11-8-,19-16-,20-17-,21-18-,28-25-,29-26-,33-31-,34-27-,37-35-,42-39-,46-43-,51-48-. The van der Waals surface area contributed by atoms with Crippen molar-refractivity contribution in [1.82, 2.24) is 0 Å². The molecule has 0 heterocycles. The molecule has 0 spiro atoms. The Morgan fingerprint density at radius 3 is 1.14 bits per heavy atom. The number of ether oxygens (including phenoxy) is 3. The largest absolute Gasteiger partial charge is 0.472 e. The quantitative estimate of drug-likeness (QED) is 0.0197. The lowest BCUT2D eigenvalue weighted by atomic mass is 10.1. The molecular formula is C66H103O11P. The van der Waals surface area contributed by atoms with Crippen molar-refractivity contribution in [3.8, 4) is 0 Å². The van der Waals surface area contributed by atoms with Crippen molar-refractivity contribution in [3.05, 3.63) is 158 Å². The van der Waals surface area contributed by atoms with E-state index >= 15 is 0 Å². The molecule has 3 atom stereocenters. The van der Waals surface area contributed by atoms with Gasteiger partial charge in [0.15, 0.2) is 6.10 Å². The highest BCUT2D eigenvalue weighted by molar-refractivity contribution is 7.47. The Hall–Kier alpha value is -4.90. The van der Waals surface area contributed by atoms with Gasteiger partial charge in [-0.25, -0.2) is 4.57 Å². The molecule has 0 aromatic carbocycles. The lowest BCUT2D eigenvalue weighted by Gasteiger charge is -2.21. The van der Waals surface area contributed by atoms with Crippen LogP contribution in [0.3, 0.4) is 0 Å². The lowest BCUT2D eigenvalue weighted by molar-refractivity contribution is -0.161. The number of phosphoric acid groups is 1. The molecule has 11 nitrogen and oxygen atoms in total. The highest BCUT2D eigenvalue weighted by Crippen LogP contribution is 2.43. The fourth-order valence-electron chi connectivity index (χ4n) is 7.03. The smallest absolute Gasteiger partial charge is 0.462 e. The topological polar surface area (TPSA) is 155 Å². The zero-order valence-electron chi connectivity index (χ0n) is 48.3. The molecule has 2 N–H and O–H groups in total. The Labute approximate surface area is 473 Å². The van der Waals surface area contributed by atoms with Crippen LogP contribution in [0.1, 0.15) is 201 Å². The van der Waals surface area contributed by atoms with Crippen LogP contribution in [0.5, 0.6) is 0 Å². The number of allylic oxidation sites excluding steroid dienone is 26. The Kier molecular flexibility index (Phi) is 54.6. The van der Waals surface area contributed by atoms with Crippen LogP contribution in [0.25, 0.3) is 0 Å². The summed E-state index contributed by atoms with van der Waals surface area (Å²) in [5, 5.41) is 9.82. The Morgan fingerprint density at radius 1 is 0.372 bits per heavy atom. The molecule has 0 fully saturated rings. The minimum absolute atomic E-state index is 0.0197. The summed E-state index contributed by atoms with van der Waals surface area (Å²) in [7, 11) is -4.80. The molecule has 0 aliphatic heterocycles. The first-order chi connectivity index (χ1) is 38.2. The van der Waals surface area contributed by atoms with Crippen LogP contribution < -0.4 is 0 Å². The van der Waals surface area contributed by atoms with Gasteiger partial charge in [0.25, 0.3) is 0 Å². The molecular weight excluding hydrogens is 1000 g/mol. The summed E-state index contributed by atoms with van der Waals surface area (Å²) in [5.41, 5.74) is 0. The number of hydrogen-bond acceptors (Lipinski definition) is 10. The Morgan fingerprint density at radius 2 is 0.705 bits per heavy atom. The van der Waals surface area contributed by atoms with Crippen molar-refractivity contribution in [3.63, 3.8) is 0 Å². The van der Waals surface area contributed by atoms with Crippen LogP contribution in [0, 0.1) is 0 Å². The summed E-state index contributed by atoms with van der Waals surface area (Å²) < 4.78 is 39.4. The van der Waals surface area contributed by atoms with E-state index in [2.05, 4.69) is 154 Å². The zero-order chi connectivity index (χ0) is 56.9. The van der Waals surface area contributed by atoms with Gasteiger partial charge in [0, 0.05) is 19.3 Å². The first-order valence-electron chi connectivity index (χ1n) is 29.4. The zero-order valence-corrected chi connectivity index (χ0v) is 49.2. The molecule has 0 amide bonds. The molecule has 12 heteroatoms. The van der Waals surface area contributed by atoms with E-state index < -0.39 is 64.4 Å². The van der Waals surface area contributed by atoms with Crippen molar-refractivity contribution >= 4 is 25.7 Å². The molecule has 0 bridgehead atoms. The lowest BCUT2D eigenvalue weighted by Crippen LogP contribution is -2.30. The fraction of sp³-hybridized carbons (Fsp3) is 0.561. The molecule has 438 valence electrons. The van der Waals surface area contributed by atoms with Gasteiger partial charge < -0.3 is 24.2 Å². The molecule has 0 aromatic rings. The molecule has 3 unspecified atom stereocenters. The van der Waals surface area contributed by atoms with Gasteiger partial charge in [0.1, 0.15) is 12.7 Å². The van der Waals surface area contributed by atoms with Gasteiger partial charge in [0.2, 0.25) is 0 Å². The molecule has 0 aliphatic rings. The third kappa shape index (κ3) is 55.8. The van der Waals surface area contributed by atoms with E-state index in [1.165, 1.54) is 19.3 Å². The van der Waals surface area contributed by atoms with Crippen LogP contribution in [-0.2, 0) is 42.2 Å². The van der Waals surface area contributed by atoms with Gasteiger partial charge in [-0.05, 0) is 128 Å². The average molecular weight is 1100 g/mol. The summed E-state index contributed by atoms with van der Waals surface area (Å²) in [4.78, 5) is 48.5. The molecule has 0 saturated carbocycles. The predicted octanol–water partition coefficient (Wildman–Crippen LogP) is 17.7. The van der Waals surface area contributed by atoms with E-state index in [-0.39, 0.29) is 19.3 Å².